The molecule has 2 aromatic carbocycles. The minimum atomic E-state index is -0.258. The van der Waals surface area contributed by atoms with Crippen LogP contribution >= 0.6 is 11.6 Å². The number of hydrogen-bond acceptors (Lipinski definition) is 3. The molecule has 0 bridgehead atoms. The summed E-state index contributed by atoms with van der Waals surface area (Å²) in [5.74, 6) is -0.0976. The number of aromatic amines is 1. The second-order valence-electron chi connectivity index (χ2n) is 5.56. The van der Waals surface area contributed by atoms with Crippen LogP contribution in [0.25, 0.3) is 10.8 Å². The Bertz CT molecular complexity index is 952. The van der Waals surface area contributed by atoms with Gasteiger partial charge < -0.3 is 4.90 Å². The van der Waals surface area contributed by atoms with E-state index in [1.54, 1.807) is 36.2 Å². The number of halogens is 1. The van der Waals surface area contributed by atoms with Gasteiger partial charge >= 0.3 is 0 Å². The number of nitrogens with zero attached hydrogens (tertiary/aromatic N) is 2. The molecule has 0 saturated heterocycles. The number of nitrogens with one attached hydrogen (secondary N) is 1. The van der Waals surface area contributed by atoms with Crippen molar-refractivity contribution in [3.8, 4) is 0 Å². The Morgan fingerprint density at radius 1 is 1.12 bits per heavy atom. The highest BCUT2D eigenvalue weighted by Gasteiger charge is 2.15. The number of H-pyrrole nitrogens is 1. The van der Waals surface area contributed by atoms with Crippen LogP contribution in [0.1, 0.15) is 11.3 Å². The number of amides is 1. The number of rotatable bonds is 4. The number of aromatic nitrogens is 2. The van der Waals surface area contributed by atoms with Crippen LogP contribution in [0, 0.1) is 0 Å². The van der Waals surface area contributed by atoms with Gasteiger partial charge in [0, 0.05) is 24.0 Å². The maximum Gasteiger partial charge on any atom is 0.272 e. The molecule has 5 nitrogen and oxygen atoms in total. The van der Waals surface area contributed by atoms with Crippen molar-refractivity contribution in [3.05, 3.63) is 75.2 Å². The quantitative estimate of drug-likeness (QED) is 0.793. The topological polar surface area (TPSA) is 66.1 Å². The molecule has 0 aliphatic heterocycles. The zero-order valence-corrected chi connectivity index (χ0v) is 13.9. The average molecular weight is 342 g/mol. The molecule has 0 saturated carbocycles. The van der Waals surface area contributed by atoms with E-state index in [2.05, 4.69) is 10.2 Å². The molecular weight excluding hydrogens is 326 g/mol. The van der Waals surface area contributed by atoms with Gasteiger partial charge in [-0.1, -0.05) is 48.0 Å². The minimum absolute atomic E-state index is 0.0976. The Labute approximate surface area is 143 Å². The number of fused-ring (bicyclic) bond motifs is 1. The van der Waals surface area contributed by atoms with E-state index in [0.717, 1.165) is 5.56 Å². The predicted molar refractivity (Wildman–Crippen MR) is 94.0 cm³/mol. The SMILES string of the molecule is CN(Cc1ccccc1Cl)C(=O)Cc1n[nH]c(=O)c2ccccc12. The largest absolute Gasteiger partial charge is 0.341 e. The highest BCUT2D eigenvalue weighted by molar-refractivity contribution is 6.31. The zero-order chi connectivity index (χ0) is 17.1. The second-order valence-corrected chi connectivity index (χ2v) is 5.97. The first-order valence-corrected chi connectivity index (χ1v) is 7.87. The molecule has 0 fully saturated rings. The van der Waals surface area contributed by atoms with Gasteiger partial charge in [0.25, 0.3) is 5.56 Å². The number of carbonyl (C=O) groups is 1. The van der Waals surface area contributed by atoms with Gasteiger partial charge in [-0.3, -0.25) is 9.59 Å². The zero-order valence-electron chi connectivity index (χ0n) is 13.1. The molecule has 1 amide bonds. The lowest BCUT2D eigenvalue weighted by molar-refractivity contribution is -0.129. The maximum absolute atomic E-state index is 12.5. The van der Waals surface area contributed by atoms with Crippen LogP contribution in [0.3, 0.4) is 0 Å². The Hall–Kier alpha value is -2.66. The molecule has 1 N–H and O–H groups in total. The van der Waals surface area contributed by atoms with Gasteiger partial charge in [0.05, 0.1) is 17.5 Å². The Balaban J connectivity index is 1.81. The number of likely N-dealkylation sites (N-methyl/N-ethyl adjacent to an activating group) is 1. The van der Waals surface area contributed by atoms with Crippen molar-refractivity contribution >= 4 is 28.3 Å². The molecule has 0 aliphatic carbocycles. The normalized spacial score (nSPS) is 10.8. The monoisotopic (exact) mass is 341 g/mol. The van der Waals surface area contributed by atoms with Crippen molar-refractivity contribution in [3.63, 3.8) is 0 Å². The lowest BCUT2D eigenvalue weighted by Crippen LogP contribution is -2.28. The molecule has 122 valence electrons. The highest BCUT2D eigenvalue weighted by Crippen LogP contribution is 2.18. The Morgan fingerprint density at radius 3 is 2.54 bits per heavy atom. The van der Waals surface area contributed by atoms with Gasteiger partial charge in [0.2, 0.25) is 5.91 Å². The van der Waals surface area contributed by atoms with Crippen molar-refractivity contribution in [1.82, 2.24) is 15.1 Å². The molecule has 3 rings (SSSR count). The summed E-state index contributed by atoms with van der Waals surface area (Å²) in [6.45, 7) is 0.416. The van der Waals surface area contributed by atoms with E-state index in [9.17, 15) is 9.59 Å². The summed E-state index contributed by atoms with van der Waals surface area (Å²) in [5.41, 5.74) is 1.18. The highest BCUT2D eigenvalue weighted by atomic mass is 35.5. The predicted octanol–water partition coefficient (Wildman–Crippen LogP) is 2.78. The van der Waals surface area contributed by atoms with Gasteiger partial charge in [-0.2, -0.15) is 5.10 Å². The van der Waals surface area contributed by atoms with Gasteiger partial charge in [-0.05, 0) is 17.7 Å². The fourth-order valence-electron chi connectivity index (χ4n) is 2.55. The number of benzene rings is 2. The average Bonchev–Trinajstić information content (AvgIpc) is 2.59. The first kappa shape index (κ1) is 16.2. The number of carbonyl (C=O) groups excluding carboxylic acids is 1. The first-order valence-electron chi connectivity index (χ1n) is 7.50. The molecular formula is C18H16ClN3O2. The Morgan fingerprint density at radius 2 is 1.79 bits per heavy atom. The summed E-state index contributed by atoms with van der Waals surface area (Å²) >= 11 is 6.14. The standard InChI is InChI=1S/C18H16ClN3O2/c1-22(11-12-6-2-5-9-15(12)19)17(23)10-16-13-7-3-4-8-14(13)18(24)21-20-16/h2-9H,10-11H2,1H3,(H,21,24). The summed E-state index contributed by atoms with van der Waals surface area (Å²) in [6.07, 6.45) is 0.109. The summed E-state index contributed by atoms with van der Waals surface area (Å²) < 4.78 is 0. The van der Waals surface area contributed by atoms with Crippen LogP contribution in [0.2, 0.25) is 5.02 Å². The molecule has 0 spiro atoms. The van der Waals surface area contributed by atoms with Crippen LogP contribution < -0.4 is 5.56 Å². The summed E-state index contributed by atoms with van der Waals surface area (Å²) in [5, 5.41) is 8.35. The van der Waals surface area contributed by atoms with E-state index in [1.165, 1.54) is 0 Å². The molecule has 6 heteroatoms. The van der Waals surface area contributed by atoms with Crippen molar-refractivity contribution in [1.29, 1.82) is 0 Å². The first-order chi connectivity index (χ1) is 11.6. The van der Waals surface area contributed by atoms with E-state index in [-0.39, 0.29) is 17.9 Å². The molecule has 1 heterocycles. The van der Waals surface area contributed by atoms with Gasteiger partial charge in [-0.25, -0.2) is 5.10 Å². The molecule has 0 unspecified atom stereocenters. The molecule has 0 aliphatic rings. The van der Waals surface area contributed by atoms with E-state index >= 15 is 0 Å². The number of hydrogen-bond donors (Lipinski definition) is 1. The maximum atomic E-state index is 12.5. The molecule has 0 atom stereocenters. The van der Waals surface area contributed by atoms with Crippen LogP contribution in [-0.2, 0) is 17.8 Å². The molecule has 24 heavy (non-hydrogen) atoms. The third-order valence-corrected chi connectivity index (χ3v) is 4.25. The van der Waals surface area contributed by atoms with Gasteiger partial charge in [-0.15, -0.1) is 0 Å². The van der Waals surface area contributed by atoms with Crippen LogP contribution in [0.5, 0.6) is 0 Å². The fourth-order valence-corrected chi connectivity index (χ4v) is 2.75. The lowest BCUT2D eigenvalue weighted by Gasteiger charge is -2.18. The van der Waals surface area contributed by atoms with Crippen molar-refractivity contribution < 1.29 is 4.79 Å². The lowest BCUT2D eigenvalue weighted by atomic mass is 10.1. The Kier molecular flexibility index (Phi) is 4.62. The summed E-state index contributed by atoms with van der Waals surface area (Å²) in [6, 6.07) is 14.6. The van der Waals surface area contributed by atoms with E-state index in [0.29, 0.717) is 28.0 Å². The van der Waals surface area contributed by atoms with Crippen molar-refractivity contribution in [2.45, 2.75) is 13.0 Å². The van der Waals surface area contributed by atoms with Crippen molar-refractivity contribution in [2.24, 2.45) is 0 Å². The molecule has 3 aromatic rings. The summed E-state index contributed by atoms with van der Waals surface area (Å²) in [4.78, 5) is 25.9. The second kappa shape index (κ2) is 6.84. The van der Waals surface area contributed by atoms with E-state index < -0.39 is 0 Å². The minimum Gasteiger partial charge on any atom is -0.341 e. The molecule has 0 radical (unpaired) electrons. The van der Waals surface area contributed by atoms with Gasteiger partial charge in [0.1, 0.15) is 0 Å². The fraction of sp³-hybridized carbons (Fsp3) is 0.167. The smallest absolute Gasteiger partial charge is 0.272 e. The van der Waals surface area contributed by atoms with E-state index in [1.807, 2.05) is 24.3 Å². The van der Waals surface area contributed by atoms with E-state index in [4.69, 9.17) is 11.6 Å². The van der Waals surface area contributed by atoms with Crippen LogP contribution in [0.15, 0.2) is 53.3 Å². The third-order valence-electron chi connectivity index (χ3n) is 3.88. The summed E-state index contributed by atoms with van der Waals surface area (Å²) in [7, 11) is 1.72. The van der Waals surface area contributed by atoms with Crippen LogP contribution in [0.4, 0.5) is 0 Å². The molecule has 1 aromatic heterocycles. The van der Waals surface area contributed by atoms with Crippen molar-refractivity contribution in [2.75, 3.05) is 7.05 Å². The van der Waals surface area contributed by atoms with Gasteiger partial charge in [0.15, 0.2) is 0 Å². The third kappa shape index (κ3) is 3.31. The van der Waals surface area contributed by atoms with Crippen LogP contribution in [-0.4, -0.2) is 28.1 Å².